The van der Waals surface area contributed by atoms with E-state index in [4.69, 9.17) is 17.3 Å². The van der Waals surface area contributed by atoms with Crippen molar-refractivity contribution < 1.29 is 9.59 Å². The quantitative estimate of drug-likeness (QED) is 0.834. The first-order chi connectivity index (χ1) is 8.99. The number of nitrogens with zero attached hydrogens (tertiary/aromatic N) is 1. The average molecular weight is 278 g/mol. The molecule has 1 heterocycles. The predicted molar refractivity (Wildman–Crippen MR) is 72.9 cm³/mol. The topological polar surface area (TPSA) is 85.1 Å². The molecule has 3 N–H and O–H groups in total. The van der Waals surface area contributed by atoms with Crippen molar-refractivity contribution in [1.82, 2.24) is 10.3 Å². The lowest BCUT2D eigenvalue weighted by Crippen LogP contribution is -2.42. The first-order valence-corrected chi connectivity index (χ1v) is 6.02. The van der Waals surface area contributed by atoms with Gasteiger partial charge in [-0.05, 0) is 18.4 Å². The summed E-state index contributed by atoms with van der Waals surface area (Å²) in [7, 11) is 0. The van der Waals surface area contributed by atoms with E-state index in [9.17, 15) is 9.59 Å². The van der Waals surface area contributed by atoms with Crippen LogP contribution in [0.5, 0.6) is 0 Å². The molecule has 0 fully saturated rings. The zero-order valence-electron chi connectivity index (χ0n) is 10.2. The summed E-state index contributed by atoms with van der Waals surface area (Å²) in [5.74, 6) is -1.10. The van der Waals surface area contributed by atoms with E-state index < -0.39 is 17.9 Å². The highest BCUT2D eigenvalue weighted by atomic mass is 35.5. The summed E-state index contributed by atoms with van der Waals surface area (Å²) in [5, 5.41) is 4.27. The maximum absolute atomic E-state index is 11.9. The Bertz CT molecular complexity index is 657. The lowest BCUT2D eigenvalue weighted by Gasteiger charge is -2.10. The number of carbonyl (C=O) groups is 2. The standard InChI is InChI=1S/C13H12ClN3O2/c1-7(12(15)18)16-13(19)10-6-8-4-2-3-5-9(8)11(14)17-10/h2-7H,1H3,(H2,15,18)(H,16,19). The number of benzene rings is 1. The summed E-state index contributed by atoms with van der Waals surface area (Å²) >= 11 is 6.02. The van der Waals surface area contributed by atoms with E-state index in [1.807, 2.05) is 24.3 Å². The molecule has 0 saturated heterocycles. The molecule has 1 unspecified atom stereocenters. The smallest absolute Gasteiger partial charge is 0.270 e. The van der Waals surface area contributed by atoms with Crippen LogP contribution in [0.2, 0.25) is 5.15 Å². The van der Waals surface area contributed by atoms with Crippen molar-refractivity contribution in [3.8, 4) is 0 Å². The van der Waals surface area contributed by atoms with E-state index in [1.165, 1.54) is 6.92 Å². The molecule has 1 atom stereocenters. The Kier molecular flexibility index (Phi) is 3.66. The number of rotatable bonds is 3. The van der Waals surface area contributed by atoms with Crippen LogP contribution < -0.4 is 11.1 Å². The number of pyridine rings is 1. The minimum absolute atomic E-state index is 0.150. The number of amides is 2. The average Bonchev–Trinajstić information content (AvgIpc) is 2.38. The van der Waals surface area contributed by atoms with Gasteiger partial charge in [-0.25, -0.2) is 4.98 Å². The number of carbonyl (C=O) groups excluding carboxylic acids is 2. The number of hydrogen-bond donors (Lipinski definition) is 2. The third-order valence-electron chi connectivity index (χ3n) is 2.70. The second kappa shape index (κ2) is 5.24. The minimum Gasteiger partial charge on any atom is -0.368 e. The van der Waals surface area contributed by atoms with Crippen LogP contribution >= 0.6 is 11.6 Å². The molecule has 2 rings (SSSR count). The molecule has 5 nitrogen and oxygen atoms in total. The Balaban J connectivity index is 2.35. The maximum atomic E-state index is 11.9. The van der Waals surface area contributed by atoms with Gasteiger partial charge in [0.1, 0.15) is 16.9 Å². The summed E-state index contributed by atoms with van der Waals surface area (Å²) in [6, 6.07) is 8.18. The third kappa shape index (κ3) is 2.82. The van der Waals surface area contributed by atoms with Gasteiger partial charge in [0.05, 0.1) is 0 Å². The molecule has 0 saturated carbocycles. The van der Waals surface area contributed by atoms with Crippen LogP contribution in [0, 0.1) is 0 Å². The highest BCUT2D eigenvalue weighted by Crippen LogP contribution is 2.22. The van der Waals surface area contributed by atoms with Crippen LogP contribution in [0.25, 0.3) is 10.8 Å². The summed E-state index contributed by atoms with van der Waals surface area (Å²) < 4.78 is 0. The first kappa shape index (κ1) is 13.3. The number of halogens is 1. The van der Waals surface area contributed by atoms with Crippen molar-refractivity contribution in [2.24, 2.45) is 5.73 Å². The number of nitrogens with two attached hydrogens (primary N) is 1. The van der Waals surface area contributed by atoms with Crippen LogP contribution in [-0.2, 0) is 4.79 Å². The van der Waals surface area contributed by atoms with Gasteiger partial charge in [-0.2, -0.15) is 0 Å². The maximum Gasteiger partial charge on any atom is 0.270 e. The summed E-state index contributed by atoms with van der Waals surface area (Å²) in [6.45, 7) is 1.50. The minimum atomic E-state index is -0.764. The van der Waals surface area contributed by atoms with Gasteiger partial charge in [0.2, 0.25) is 5.91 Å². The van der Waals surface area contributed by atoms with Gasteiger partial charge < -0.3 is 11.1 Å². The fourth-order valence-corrected chi connectivity index (χ4v) is 1.88. The molecule has 19 heavy (non-hydrogen) atoms. The largest absolute Gasteiger partial charge is 0.368 e. The van der Waals surface area contributed by atoms with E-state index in [1.54, 1.807) is 6.07 Å². The van der Waals surface area contributed by atoms with Crippen LogP contribution in [0.15, 0.2) is 30.3 Å². The number of hydrogen-bond acceptors (Lipinski definition) is 3. The molecule has 0 aliphatic rings. The van der Waals surface area contributed by atoms with Crippen LogP contribution in [0.1, 0.15) is 17.4 Å². The van der Waals surface area contributed by atoms with Crippen molar-refractivity contribution in [3.05, 3.63) is 41.2 Å². The van der Waals surface area contributed by atoms with Crippen LogP contribution in [0.3, 0.4) is 0 Å². The van der Waals surface area contributed by atoms with Gasteiger partial charge in [-0.3, -0.25) is 9.59 Å². The molecule has 0 aliphatic heterocycles. The fourth-order valence-electron chi connectivity index (χ4n) is 1.61. The van der Waals surface area contributed by atoms with E-state index in [0.29, 0.717) is 0 Å². The van der Waals surface area contributed by atoms with E-state index >= 15 is 0 Å². The normalized spacial score (nSPS) is 12.1. The lowest BCUT2D eigenvalue weighted by atomic mass is 10.1. The molecule has 1 aromatic heterocycles. The van der Waals surface area contributed by atoms with E-state index in [2.05, 4.69) is 10.3 Å². The Morgan fingerprint density at radius 1 is 1.37 bits per heavy atom. The second-order valence-electron chi connectivity index (χ2n) is 4.12. The van der Waals surface area contributed by atoms with Crippen molar-refractivity contribution >= 4 is 34.2 Å². The monoisotopic (exact) mass is 277 g/mol. The fraction of sp³-hybridized carbons (Fsp3) is 0.154. The molecule has 0 bridgehead atoms. The number of nitrogens with one attached hydrogen (secondary N) is 1. The third-order valence-corrected chi connectivity index (χ3v) is 2.99. The number of aromatic nitrogens is 1. The van der Waals surface area contributed by atoms with Gasteiger partial charge in [-0.1, -0.05) is 35.9 Å². The van der Waals surface area contributed by atoms with E-state index in [-0.39, 0.29) is 10.8 Å². The SMILES string of the molecule is CC(NC(=O)c1cc2ccccc2c(Cl)n1)C(N)=O. The van der Waals surface area contributed by atoms with Crippen molar-refractivity contribution in [2.75, 3.05) is 0 Å². The summed E-state index contributed by atoms with van der Waals surface area (Å²) in [5.41, 5.74) is 5.23. The Labute approximate surface area is 114 Å². The molecular weight excluding hydrogens is 266 g/mol. The van der Waals surface area contributed by atoms with Crippen molar-refractivity contribution in [3.63, 3.8) is 0 Å². The number of primary amides is 1. The molecule has 6 heteroatoms. The zero-order chi connectivity index (χ0) is 14.0. The molecular formula is C13H12ClN3O2. The summed E-state index contributed by atoms with van der Waals surface area (Å²) in [4.78, 5) is 26.8. The Morgan fingerprint density at radius 3 is 2.74 bits per heavy atom. The van der Waals surface area contributed by atoms with Gasteiger partial charge >= 0.3 is 0 Å². The summed E-state index contributed by atoms with van der Waals surface area (Å²) in [6.07, 6.45) is 0. The molecule has 0 radical (unpaired) electrons. The highest BCUT2D eigenvalue weighted by molar-refractivity contribution is 6.34. The van der Waals surface area contributed by atoms with Crippen molar-refractivity contribution in [2.45, 2.75) is 13.0 Å². The molecule has 2 aromatic rings. The Hall–Kier alpha value is -2.14. The molecule has 0 aliphatic carbocycles. The van der Waals surface area contributed by atoms with E-state index in [0.717, 1.165) is 10.8 Å². The molecule has 0 spiro atoms. The van der Waals surface area contributed by atoms with Gasteiger partial charge in [0.25, 0.3) is 5.91 Å². The van der Waals surface area contributed by atoms with Gasteiger partial charge in [-0.15, -0.1) is 0 Å². The van der Waals surface area contributed by atoms with Gasteiger partial charge in [0.15, 0.2) is 0 Å². The molecule has 2 amide bonds. The highest BCUT2D eigenvalue weighted by Gasteiger charge is 2.16. The lowest BCUT2D eigenvalue weighted by molar-refractivity contribution is -0.119. The van der Waals surface area contributed by atoms with Crippen LogP contribution in [0.4, 0.5) is 0 Å². The molecule has 1 aromatic carbocycles. The van der Waals surface area contributed by atoms with Crippen molar-refractivity contribution in [1.29, 1.82) is 0 Å². The van der Waals surface area contributed by atoms with Gasteiger partial charge in [0, 0.05) is 5.39 Å². The second-order valence-corrected chi connectivity index (χ2v) is 4.47. The van der Waals surface area contributed by atoms with Crippen LogP contribution in [-0.4, -0.2) is 22.8 Å². The Morgan fingerprint density at radius 2 is 2.05 bits per heavy atom. The first-order valence-electron chi connectivity index (χ1n) is 5.64. The zero-order valence-corrected chi connectivity index (χ0v) is 10.9. The predicted octanol–water partition coefficient (Wildman–Crippen LogP) is 1.49. The number of fused-ring (bicyclic) bond motifs is 1. The molecule has 98 valence electrons.